The summed E-state index contributed by atoms with van der Waals surface area (Å²) >= 11 is 3.72. The summed E-state index contributed by atoms with van der Waals surface area (Å²) in [6, 6.07) is 0. The van der Waals surface area contributed by atoms with Crippen molar-refractivity contribution >= 4 is 15.9 Å². The van der Waals surface area contributed by atoms with Crippen molar-refractivity contribution in [3.63, 3.8) is 0 Å². The fraction of sp³-hybridized carbons (Fsp3) is 1.00. The van der Waals surface area contributed by atoms with Gasteiger partial charge in [-0.25, -0.2) is 0 Å². The van der Waals surface area contributed by atoms with E-state index in [1.807, 2.05) is 0 Å². The van der Waals surface area contributed by atoms with E-state index >= 15 is 0 Å². The highest BCUT2D eigenvalue weighted by Crippen LogP contribution is 2.62. The average molecular weight is 259 g/mol. The van der Waals surface area contributed by atoms with Crippen LogP contribution in [0.3, 0.4) is 0 Å². The van der Waals surface area contributed by atoms with Gasteiger partial charge >= 0.3 is 0 Å². The van der Waals surface area contributed by atoms with Gasteiger partial charge in [0, 0.05) is 4.83 Å². The van der Waals surface area contributed by atoms with Crippen molar-refractivity contribution in [2.24, 2.45) is 23.2 Å². The minimum Gasteiger partial charge on any atom is -0.395 e. The molecule has 0 heterocycles. The van der Waals surface area contributed by atoms with Crippen LogP contribution in [-0.4, -0.2) is 16.5 Å². The predicted octanol–water partition coefficient (Wildman–Crippen LogP) is 2.96. The highest BCUT2D eigenvalue weighted by atomic mass is 79.9. The zero-order valence-corrected chi connectivity index (χ0v) is 10.2. The van der Waals surface area contributed by atoms with E-state index in [0.717, 1.165) is 17.8 Å². The largest absolute Gasteiger partial charge is 0.395 e. The van der Waals surface area contributed by atoms with Crippen LogP contribution >= 0.6 is 15.9 Å². The topological polar surface area (TPSA) is 20.2 Å². The van der Waals surface area contributed by atoms with E-state index in [-0.39, 0.29) is 0 Å². The molecule has 4 fully saturated rings. The molecule has 4 aliphatic carbocycles. The molecule has 0 saturated heterocycles. The van der Waals surface area contributed by atoms with Gasteiger partial charge in [0.25, 0.3) is 0 Å². The Morgan fingerprint density at radius 2 is 1.50 bits per heavy atom. The zero-order chi connectivity index (χ0) is 9.76. The molecule has 4 aliphatic rings. The minimum absolute atomic E-state index is 0.326. The zero-order valence-electron chi connectivity index (χ0n) is 8.58. The van der Waals surface area contributed by atoms with Gasteiger partial charge in [-0.2, -0.15) is 0 Å². The van der Waals surface area contributed by atoms with Crippen LogP contribution in [0, 0.1) is 23.2 Å². The fourth-order valence-corrected chi connectivity index (χ4v) is 5.32. The van der Waals surface area contributed by atoms with Gasteiger partial charge in [0.15, 0.2) is 0 Å². The third kappa shape index (κ3) is 1.30. The average Bonchev–Trinajstić information content (AvgIpc) is 2.14. The first-order valence-corrected chi connectivity index (χ1v) is 6.88. The van der Waals surface area contributed by atoms with Gasteiger partial charge in [0.1, 0.15) is 0 Å². The molecule has 14 heavy (non-hydrogen) atoms. The minimum atomic E-state index is 0.326. The summed E-state index contributed by atoms with van der Waals surface area (Å²) in [5, 5.41) is 9.35. The summed E-state index contributed by atoms with van der Waals surface area (Å²) in [6.45, 7) is 0.326. The molecule has 1 atom stereocenters. The Labute approximate surface area is 94.4 Å². The molecule has 1 nitrogen and oxygen atoms in total. The van der Waals surface area contributed by atoms with Crippen LogP contribution in [0.2, 0.25) is 0 Å². The lowest BCUT2D eigenvalue weighted by atomic mass is 9.49. The van der Waals surface area contributed by atoms with Gasteiger partial charge in [-0.05, 0) is 61.7 Å². The molecule has 0 spiro atoms. The molecule has 4 saturated carbocycles. The van der Waals surface area contributed by atoms with Crippen LogP contribution in [0.4, 0.5) is 0 Å². The first-order chi connectivity index (χ1) is 6.72. The number of rotatable bonds is 2. The monoisotopic (exact) mass is 258 g/mol. The second-order valence-corrected chi connectivity index (χ2v) is 7.04. The first kappa shape index (κ1) is 9.65. The molecule has 0 aromatic heterocycles. The summed E-state index contributed by atoms with van der Waals surface area (Å²) in [5.74, 6) is 2.98. The fourth-order valence-electron chi connectivity index (χ4n) is 4.75. The summed E-state index contributed by atoms with van der Waals surface area (Å²) in [6.07, 6.45) is 8.62. The SMILES string of the molecule is OCC(Br)C12CC3CC(CC(C3)C1)C2. The summed E-state index contributed by atoms with van der Waals surface area (Å²) in [7, 11) is 0. The normalized spacial score (nSPS) is 52.3. The van der Waals surface area contributed by atoms with E-state index < -0.39 is 0 Å². The van der Waals surface area contributed by atoms with E-state index in [0.29, 0.717) is 16.8 Å². The smallest absolute Gasteiger partial charge is 0.0561 e. The lowest BCUT2D eigenvalue weighted by Gasteiger charge is -2.58. The highest BCUT2D eigenvalue weighted by molar-refractivity contribution is 9.09. The number of hydrogen-bond acceptors (Lipinski definition) is 1. The van der Waals surface area contributed by atoms with E-state index in [9.17, 15) is 5.11 Å². The van der Waals surface area contributed by atoms with Crippen LogP contribution < -0.4 is 0 Å². The number of halogens is 1. The summed E-state index contributed by atoms with van der Waals surface area (Å²) in [5.41, 5.74) is 0.476. The quantitative estimate of drug-likeness (QED) is 0.756. The van der Waals surface area contributed by atoms with Gasteiger partial charge in [0.2, 0.25) is 0 Å². The van der Waals surface area contributed by atoms with Crippen molar-refractivity contribution in [3.05, 3.63) is 0 Å². The molecular formula is C12H19BrO. The Morgan fingerprint density at radius 3 is 1.86 bits per heavy atom. The summed E-state index contributed by atoms with van der Waals surface area (Å²) in [4.78, 5) is 0.364. The molecule has 0 aromatic rings. The van der Waals surface area contributed by atoms with Crippen molar-refractivity contribution in [3.8, 4) is 0 Å². The Balaban J connectivity index is 1.87. The Kier molecular flexibility index (Phi) is 2.22. The van der Waals surface area contributed by atoms with Crippen LogP contribution in [-0.2, 0) is 0 Å². The maximum absolute atomic E-state index is 9.35. The Morgan fingerprint density at radius 1 is 1.07 bits per heavy atom. The van der Waals surface area contributed by atoms with Gasteiger partial charge < -0.3 is 5.11 Å². The highest BCUT2D eigenvalue weighted by Gasteiger charge is 2.53. The van der Waals surface area contributed by atoms with E-state index in [1.54, 1.807) is 0 Å². The molecule has 0 aliphatic heterocycles. The third-order valence-corrected chi connectivity index (χ3v) is 6.17. The lowest BCUT2D eigenvalue weighted by molar-refractivity contribution is -0.0582. The van der Waals surface area contributed by atoms with Gasteiger partial charge in [-0.1, -0.05) is 15.9 Å². The molecule has 0 aromatic carbocycles. The molecule has 1 N–H and O–H groups in total. The van der Waals surface area contributed by atoms with Crippen molar-refractivity contribution in [1.29, 1.82) is 0 Å². The van der Waals surface area contributed by atoms with Crippen molar-refractivity contribution in [2.45, 2.75) is 43.4 Å². The number of alkyl halides is 1. The number of aliphatic hydroxyl groups is 1. The van der Waals surface area contributed by atoms with Crippen LogP contribution in [0.15, 0.2) is 0 Å². The molecule has 0 amide bonds. The predicted molar refractivity (Wildman–Crippen MR) is 60.4 cm³/mol. The second kappa shape index (κ2) is 3.21. The summed E-state index contributed by atoms with van der Waals surface area (Å²) < 4.78 is 0. The van der Waals surface area contributed by atoms with Crippen LogP contribution in [0.25, 0.3) is 0 Å². The standard InChI is InChI=1S/C12H19BrO/c13-11(7-14)12-4-8-1-9(5-12)3-10(2-8)6-12/h8-11,14H,1-7H2. The number of aliphatic hydroxyl groups excluding tert-OH is 1. The molecular weight excluding hydrogens is 240 g/mol. The second-order valence-electron chi connectivity index (χ2n) is 5.93. The van der Waals surface area contributed by atoms with E-state index in [4.69, 9.17) is 0 Å². The number of hydrogen-bond donors (Lipinski definition) is 1. The van der Waals surface area contributed by atoms with Gasteiger partial charge in [0.05, 0.1) is 6.61 Å². The van der Waals surface area contributed by atoms with Crippen LogP contribution in [0.1, 0.15) is 38.5 Å². The first-order valence-electron chi connectivity index (χ1n) is 5.97. The maximum atomic E-state index is 9.35. The molecule has 1 unspecified atom stereocenters. The van der Waals surface area contributed by atoms with Crippen molar-refractivity contribution < 1.29 is 5.11 Å². The lowest BCUT2D eigenvalue weighted by Crippen LogP contribution is -2.50. The van der Waals surface area contributed by atoms with Crippen molar-refractivity contribution in [1.82, 2.24) is 0 Å². The molecule has 0 radical (unpaired) electrons. The van der Waals surface area contributed by atoms with Gasteiger partial charge in [-0.3, -0.25) is 0 Å². The van der Waals surface area contributed by atoms with Gasteiger partial charge in [-0.15, -0.1) is 0 Å². The Bertz CT molecular complexity index is 203. The van der Waals surface area contributed by atoms with E-state index in [1.165, 1.54) is 38.5 Å². The molecule has 4 bridgehead atoms. The molecule has 80 valence electrons. The van der Waals surface area contributed by atoms with Crippen LogP contribution in [0.5, 0.6) is 0 Å². The Hall–Kier alpha value is 0.440. The third-order valence-electron chi connectivity index (χ3n) is 4.91. The van der Waals surface area contributed by atoms with Crippen molar-refractivity contribution in [2.75, 3.05) is 6.61 Å². The molecule has 2 heteroatoms. The van der Waals surface area contributed by atoms with E-state index in [2.05, 4.69) is 15.9 Å². The maximum Gasteiger partial charge on any atom is 0.0561 e. The molecule has 4 rings (SSSR count).